The molecule has 0 bridgehead atoms. The van der Waals surface area contributed by atoms with E-state index >= 15 is 0 Å². The van der Waals surface area contributed by atoms with E-state index < -0.39 is 5.97 Å². The summed E-state index contributed by atoms with van der Waals surface area (Å²) in [6, 6.07) is 7.42. The van der Waals surface area contributed by atoms with Crippen molar-refractivity contribution in [2.75, 3.05) is 6.54 Å². The number of hydrogen-bond acceptors (Lipinski definition) is 4. The number of benzene rings is 1. The Morgan fingerprint density at radius 3 is 2.95 bits per heavy atom. The molecule has 0 aliphatic carbocycles. The van der Waals surface area contributed by atoms with E-state index in [-0.39, 0.29) is 6.04 Å². The van der Waals surface area contributed by atoms with Crippen molar-refractivity contribution in [3.8, 4) is 0 Å². The van der Waals surface area contributed by atoms with Gasteiger partial charge in [-0.2, -0.15) is 0 Å². The van der Waals surface area contributed by atoms with Gasteiger partial charge in [0.15, 0.2) is 0 Å². The average molecular weight is 297 g/mol. The minimum absolute atomic E-state index is 0.217. The zero-order valence-electron chi connectivity index (χ0n) is 12.6. The van der Waals surface area contributed by atoms with Crippen molar-refractivity contribution in [3.05, 3.63) is 59.2 Å². The first-order valence-electron chi connectivity index (χ1n) is 7.49. The summed E-state index contributed by atoms with van der Waals surface area (Å²) in [4.78, 5) is 22.5. The van der Waals surface area contributed by atoms with E-state index in [4.69, 9.17) is 0 Å². The van der Waals surface area contributed by atoms with E-state index in [0.717, 1.165) is 36.3 Å². The lowest BCUT2D eigenvalue weighted by atomic mass is 10.1. The molecule has 22 heavy (non-hydrogen) atoms. The molecule has 0 radical (unpaired) electrons. The quantitative estimate of drug-likeness (QED) is 0.940. The molecule has 3 rings (SSSR count). The van der Waals surface area contributed by atoms with E-state index in [9.17, 15) is 9.90 Å². The van der Waals surface area contributed by atoms with Gasteiger partial charge in [-0.1, -0.05) is 18.2 Å². The van der Waals surface area contributed by atoms with Crippen LogP contribution in [0.15, 0.2) is 36.7 Å². The number of carbonyl (C=O) groups is 1. The highest BCUT2D eigenvalue weighted by atomic mass is 16.4. The highest BCUT2D eigenvalue weighted by Gasteiger charge is 2.28. The van der Waals surface area contributed by atoms with Gasteiger partial charge >= 0.3 is 5.97 Å². The molecule has 0 unspecified atom stereocenters. The van der Waals surface area contributed by atoms with Gasteiger partial charge in [-0.15, -0.1) is 0 Å². The summed E-state index contributed by atoms with van der Waals surface area (Å²) >= 11 is 0. The van der Waals surface area contributed by atoms with Crippen molar-refractivity contribution >= 4 is 5.97 Å². The Labute approximate surface area is 129 Å². The van der Waals surface area contributed by atoms with Crippen LogP contribution in [0.3, 0.4) is 0 Å². The van der Waals surface area contributed by atoms with Crippen molar-refractivity contribution in [1.82, 2.24) is 14.9 Å². The maximum Gasteiger partial charge on any atom is 0.336 e. The fourth-order valence-electron chi connectivity index (χ4n) is 3.08. The first kappa shape index (κ1) is 14.7. The number of aromatic carboxylic acids is 1. The normalized spacial score (nSPS) is 18.5. The molecule has 1 fully saturated rings. The minimum atomic E-state index is -0.873. The monoisotopic (exact) mass is 297 g/mol. The van der Waals surface area contributed by atoms with Gasteiger partial charge in [-0.05, 0) is 37.9 Å². The Kier molecular flexibility index (Phi) is 4.15. The van der Waals surface area contributed by atoms with Crippen molar-refractivity contribution in [1.29, 1.82) is 0 Å². The van der Waals surface area contributed by atoms with E-state index in [1.165, 1.54) is 0 Å². The lowest BCUT2D eigenvalue weighted by Crippen LogP contribution is -2.24. The van der Waals surface area contributed by atoms with Crippen LogP contribution in [0, 0.1) is 6.92 Å². The van der Waals surface area contributed by atoms with E-state index in [0.29, 0.717) is 12.1 Å². The van der Waals surface area contributed by atoms with Gasteiger partial charge in [0.1, 0.15) is 0 Å². The zero-order valence-corrected chi connectivity index (χ0v) is 12.6. The largest absolute Gasteiger partial charge is 0.478 e. The molecular weight excluding hydrogens is 278 g/mol. The number of nitrogens with zero attached hydrogens (tertiary/aromatic N) is 3. The van der Waals surface area contributed by atoms with E-state index in [1.54, 1.807) is 18.3 Å². The van der Waals surface area contributed by atoms with Crippen molar-refractivity contribution in [2.45, 2.75) is 32.4 Å². The second kappa shape index (κ2) is 6.23. The molecule has 5 nitrogen and oxygen atoms in total. The maximum atomic E-state index is 11.4. The highest BCUT2D eigenvalue weighted by Crippen LogP contribution is 2.32. The fraction of sp³-hybridized carbons (Fsp3) is 0.353. The van der Waals surface area contributed by atoms with Crippen molar-refractivity contribution in [2.24, 2.45) is 0 Å². The number of carboxylic acid groups (broad SMARTS) is 1. The van der Waals surface area contributed by atoms with Crippen molar-refractivity contribution in [3.63, 3.8) is 0 Å². The number of likely N-dealkylation sites (tertiary alicyclic amines) is 1. The molecule has 0 spiro atoms. The Bertz CT molecular complexity index is 687. The lowest BCUT2D eigenvalue weighted by Gasteiger charge is -2.24. The Morgan fingerprint density at radius 2 is 2.18 bits per heavy atom. The molecule has 0 saturated carbocycles. The SMILES string of the molecule is Cc1cncc([C@H]2CCCN2Cc2ccccc2C(=O)O)n1. The standard InChI is InChI=1S/C17H19N3O2/c1-12-9-18-10-15(19-12)16-7-4-8-20(16)11-13-5-2-3-6-14(13)17(21)22/h2-3,5-6,9-10,16H,4,7-8,11H2,1H3,(H,21,22)/t16-/m1/s1. The molecule has 1 aromatic carbocycles. The van der Waals surface area contributed by atoms with Crippen LogP contribution in [0.4, 0.5) is 0 Å². The number of carboxylic acids is 1. The molecule has 1 aromatic heterocycles. The van der Waals surface area contributed by atoms with Gasteiger partial charge in [-0.3, -0.25) is 14.9 Å². The summed E-state index contributed by atoms with van der Waals surface area (Å²) in [5.74, 6) is -0.873. The second-order valence-electron chi connectivity index (χ2n) is 5.68. The smallest absolute Gasteiger partial charge is 0.336 e. The third kappa shape index (κ3) is 2.99. The van der Waals surface area contributed by atoms with Crippen LogP contribution in [-0.4, -0.2) is 32.5 Å². The summed E-state index contributed by atoms with van der Waals surface area (Å²) in [6.45, 7) is 3.52. The van der Waals surface area contributed by atoms with Crippen LogP contribution in [0.2, 0.25) is 0 Å². The van der Waals surface area contributed by atoms with Crippen LogP contribution in [0.1, 0.15) is 46.2 Å². The summed E-state index contributed by atoms with van der Waals surface area (Å²) in [6.07, 6.45) is 5.70. The number of rotatable bonds is 4. The van der Waals surface area contributed by atoms with Gasteiger partial charge in [0.25, 0.3) is 0 Å². The van der Waals surface area contributed by atoms with Gasteiger partial charge < -0.3 is 5.11 Å². The molecule has 2 aromatic rings. The maximum absolute atomic E-state index is 11.4. The molecule has 0 amide bonds. The third-order valence-corrected chi connectivity index (χ3v) is 4.10. The van der Waals surface area contributed by atoms with Gasteiger partial charge in [0.05, 0.1) is 23.0 Å². The first-order valence-corrected chi connectivity index (χ1v) is 7.49. The predicted octanol–water partition coefficient (Wildman–Crippen LogP) is 2.82. The number of aryl methyl sites for hydroxylation is 1. The van der Waals surface area contributed by atoms with E-state index in [1.807, 2.05) is 25.3 Å². The van der Waals surface area contributed by atoms with E-state index in [2.05, 4.69) is 14.9 Å². The minimum Gasteiger partial charge on any atom is -0.478 e. The lowest BCUT2D eigenvalue weighted by molar-refractivity contribution is 0.0694. The Balaban J connectivity index is 1.84. The molecule has 1 saturated heterocycles. The summed E-state index contributed by atoms with van der Waals surface area (Å²) in [7, 11) is 0. The predicted molar refractivity (Wildman–Crippen MR) is 82.6 cm³/mol. The molecule has 1 aliphatic heterocycles. The second-order valence-corrected chi connectivity index (χ2v) is 5.68. The molecule has 1 N–H and O–H groups in total. The Hall–Kier alpha value is -2.27. The highest BCUT2D eigenvalue weighted by molar-refractivity contribution is 5.89. The van der Waals surface area contributed by atoms with Crippen molar-refractivity contribution < 1.29 is 9.90 Å². The van der Waals surface area contributed by atoms with Crippen LogP contribution in [-0.2, 0) is 6.54 Å². The molecular formula is C17H19N3O2. The Morgan fingerprint density at radius 1 is 1.36 bits per heavy atom. The van der Waals surface area contributed by atoms with Gasteiger partial charge in [0, 0.05) is 18.9 Å². The molecule has 1 aliphatic rings. The number of hydrogen-bond donors (Lipinski definition) is 1. The fourth-order valence-corrected chi connectivity index (χ4v) is 3.08. The van der Waals surface area contributed by atoms with Crippen LogP contribution >= 0.6 is 0 Å². The molecule has 5 heteroatoms. The van der Waals surface area contributed by atoms with Gasteiger partial charge in [0.2, 0.25) is 0 Å². The number of aromatic nitrogens is 2. The van der Waals surface area contributed by atoms with Crippen LogP contribution in [0.25, 0.3) is 0 Å². The topological polar surface area (TPSA) is 66.3 Å². The average Bonchev–Trinajstić information content (AvgIpc) is 2.96. The summed E-state index contributed by atoms with van der Waals surface area (Å²) in [5, 5.41) is 9.32. The molecule has 2 heterocycles. The first-order chi connectivity index (χ1) is 10.6. The zero-order chi connectivity index (χ0) is 15.5. The van der Waals surface area contributed by atoms with Gasteiger partial charge in [-0.25, -0.2) is 4.79 Å². The van der Waals surface area contributed by atoms with Crippen LogP contribution < -0.4 is 0 Å². The molecule has 114 valence electrons. The van der Waals surface area contributed by atoms with Crippen LogP contribution in [0.5, 0.6) is 0 Å². The third-order valence-electron chi connectivity index (χ3n) is 4.10. The molecule has 1 atom stereocenters. The summed E-state index contributed by atoms with van der Waals surface area (Å²) < 4.78 is 0. The summed E-state index contributed by atoms with van der Waals surface area (Å²) in [5.41, 5.74) is 3.12.